The van der Waals surface area contributed by atoms with Gasteiger partial charge in [-0.1, -0.05) is 12.2 Å². The number of phenols is 1. The van der Waals surface area contributed by atoms with E-state index in [0.717, 1.165) is 68.0 Å². The summed E-state index contributed by atoms with van der Waals surface area (Å²) in [4.78, 5) is 13.1. The smallest absolute Gasteiger partial charge is 0.508 e. The minimum Gasteiger partial charge on any atom is -0.508 e. The maximum absolute atomic E-state index is 12.7. The van der Waals surface area contributed by atoms with E-state index >= 15 is 0 Å². The highest BCUT2D eigenvalue weighted by atomic mass is 33.5. The van der Waals surface area contributed by atoms with E-state index in [1.807, 2.05) is 12.1 Å². The van der Waals surface area contributed by atoms with Gasteiger partial charge in [0.2, 0.25) is 0 Å². The van der Waals surface area contributed by atoms with Crippen LogP contribution in [0.4, 0.5) is 13.2 Å². The highest BCUT2D eigenvalue weighted by Gasteiger charge is 2.49. The zero-order valence-electron chi connectivity index (χ0n) is 45.8. The van der Waals surface area contributed by atoms with Crippen LogP contribution in [0.1, 0.15) is 49.0 Å². The van der Waals surface area contributed by atoms with Gasteiger partial charge in [0.25, 0.3) is 0 Å². The van der Waals surface area contributed by atoms with Gasteiger partial charge in [0.05, 0.1) is 23.2 Å². The Morgan fingerprint density at radius 2 is 0.809 bits per heavy atom. The number of benzene rings is 2. The van der Waals surface area contributed by atoms with Crippen LogP contribution in [0, 0.1) is 23.7 Å². The molecular weight excluding hydrogens is 2020 g/mol. The fourth-order valence-corrected chi connectivity index (χ4v) is 100. The zero-order valence-corrected chi connectivity index (χ0v) is 80.0. The standard InChI is InChI=1S/C20H21F3N2O4S.C19H22N2O2.S21.S20/c1-2-12-11-25-8-6-13(12)9-18(25)19(26)15-5-7-24-17-4-3-14(10-16(15)17)29-30(27,28)20(21,22)23;1-2-12-11-21-8-6-13(12)9-18(21)19(23)15-5-7-20-17-4-3-14(22)10-16(15)17;1-3-5-7-9-11-13-15-17-19-21-20-18-16-14-12-10-8-6-4-2;1-3-5-7-9-11-13-15-17-19-20-18-16-14-12-10-8-6-4-2/h2-5,7,10,12-13,18-19,26H,1,6,8-9,11H2;2-5,7,10,12-13,18-19,22-23H,1,6,8-9,11H2;;/t2*12?,13?,18?,19-;;/m11../s1. The topological polar surface area (TPSA) is 136 Å². The second-order valence-corrected chi connectivity index (χ2v) is 84.1. The second kappa shape index (κ2) is 53.7. The summed E-state index contributed by atoms with van der Waals surface area (Å²) in [6, 6.07) is 12.2. The summed E-state index contributed by atoms with van der Waals surface area (Å²) in [7, 11) is 57.7. The van der Waals surface area contributed by atoms with Crippen molar-refractivity contribution in [3.05, 3.63) is 97.4 Å². The van der Waals surface area contributed by atoms with E-state index < -0.39 is 33.6 Å². The molecule has 8 heterocycles. The van der Waals surface area contributed by atoms with Crippen molar-refractivity contribution in [1.82, 2.24) is 19.8 Å². The number of aliphatic hydroxyl groups excluding tert-OH is 2. The van der Waals surface area contributed by atoms with Crippen molar-refractivity contribution in [2.75, 3.05) is 26.2 Å². The minimum atomic E-state index is -5.79. The Balaban J connectivity index is 0.000000231. The molecule has 94 heavy (non-hydrogen) atoms. The number of aromatic hydroxyl groups is 1. The predicted octanol–water partition coefficient (Wildman–Crippen LogP) is 6.16. The monoisotopic (exact) mass is 2060 g/mol. The highest BCUT2D eigenvalue weighted by Crippen LogP contribution is 2.44. The molecule has 6 saturated heterocycles. The SMILES string of the molecule is C=CC1CN2CCC1CC2[C@H](O)c1ccnc2ccc(O)cc12.C=CC1CN2CCC1CC2[C@H](O)c1ccnc2ccc(OS(=O)(=O)C(F)(F)F)cc12.S=S=S=S=S=S=S=S=S=S=S=S=S=S=S=S=S=S=S=S.S=S=S=S=S=S=S=S=S=S=S=S=S=S=S=S=S=S=S=S=S. The van der Waals surface area contributed by atoms with E-state index in [-0.39, 0.29) is 17.8 Å². The first-order valence-electron chi connectivity index (χ1n) is 24.3. The highest BCUT2D eigenvalue weighted by molar-refractivity contribution is 8.80. The largest absolute Gasteiger partial charge is 0.534 e. The van der Waals surface area contributed by atoms with Crippen molar-refractivity contribution >= 4 is 405 Å². The quantitative estimate of drug-likeness (QED) is 0.106. The third kappa shape index (κ3) is 34.0. The van der Waals surface area contributed by atoms with Gasteiger partial charge in [-0.3, -0.25) is 19.8 Å². The molecule has 6 aliphatic rings. The van der Waals surface area contributed by atoms with Crippen LogP contribution in [-0.4, -0.2) is 87.3 Å². The summed E-state index contributed by atoms with van der Waals surface area (Å²) >= 11 is 19.0. The van der Waals surface area contributed by atoms with Gasteiger partial charge in [-0.05, 0) is 122 Å². The van der Waals surface area contributed by atoms with Crippen LogP contribution < -0.4 is 4.18 Å². The molecule has 8 unspecified atom stereocenters. The molecule has 528 valence electrons. The molecule has 55 heteroatoms. The van der Waals surface area contributed by atoms with Gasteiger partial charge in [-0.15, -0.1) is 13.2 Å². The number of hydrogen-bond donors (Lipinski definition) is 3. The van der Waals surface area contributed by atoms with Crippen molar-refractivity contribution in [3.63, 3.8) is 0 Å². The van der Waals surface area contributed by atoms with Crippen molar-refractivity contribution in [2.45, 2.75) is 55.5 Å². The first-order chi connectivity index (χ1) is 45.6. The number of alkyl halides is 3. The third-order valence-corrected chi connectivity index (χ3v) is 91.4. The van der Waals surface area contributed by atoms with Crippen molar-refractivity contribution in [2.24, 2.45) is 23.7 Å². The summed E-state index contributed by atoms with van der Waals surface area (Å²) in [6.07, 6.45) is 9.81. The number of aromatic nitrogens is 2. The average Bonchev–Trinajstić information content (AvgIpc) is 0.781. The molecule has 4 aromatic rings. The number of hydrogen-bond acceptors (Lipinski definition) is 14. The van der Waals surface area contributed by atoms with Crippen LogP contribution in [0.3, 0.4) is 0 Å². The van der Waals surface area contributed by atoms with Gasteiger partial charge in [0.1, 0.15) is 11.5 Å². The maximum atomic E-state index is 12.7. The Bertz CT molecular complexity index is 5210. The third-order valence-electron chi connectivity index (χ3n) is 12.6. The summed E-state index contributed by atoms with van der Waals surface area (Å²) in [5.74, 6) is 1.69. The van der Waals surface area contributed by atoms with Gasteiger partial charge < -0.3 is 19.5 Å². The molecule has 6 aliphatic heterocycles. The predicted molar refractivity (Wildman–Crippen MR) is 496 cm³/mol. The Labute approximate surface area is 667 Å². The molecule has 10 rings (SSSR count). The molecule has 0 saturated carbocycles. The summed E-state index contributed by atoms with van der Waals surface area (Å²) in [5, 5.41) is 33.2. The normalized spacial score (nSPS) is 19.7. The number of phenolic OH excluding ortho intramolecular Hbond substituents is 1. The van der Waals surface area contributed by atoms with Gasteiger partial charge in [0, 0.05) is 422 Å². The van der Waals surface area contributed by atoms with Gasteiger partial charge >= 0.3 is 15.6 Å². The Kier molecular flexibility index (Phi) is 51.1. The van der Waals surface area contributed by atoms with Crippen LogP contribution >= 0.6 is 0 Å². The Morgan fingerprint density at radius 3 is 1.10 bits per heavy atom. The number of aliphatic hydroxyl groups is 2. The van der Waals surface area contributed by atoms with Gasteiger partial charge in [0.15, 0.2) is 0 Å². The van der Waals surface area contributed by atoms with Crippen LogP contribution in [0.25, 0.3) is 21.8 Å². The van der Waals surface area contributed by atoms with Crippen LogP contribution in [0.5, 0.6) is 11.5 Å². The molecule has 4 bridgehead atoms. The van der Waals surface area contributed by atoms with E-state index in [1.165, 1.54) is 60.3 Å². The molecular formula is C39H43F3N4O6S42. The minimum absolute atomic E-state index is 0.137. The lowest BCUT2D eigenvalue weighted by Crippen LogP contribution is -2.54. The average molecular weight is 2070 g/mol. The second-order valence-electron chi connectivity index (χ2n) is 17.1. The molecule has 10 nitrogen and oxygen atoms in total. The van der Waals surface area contributed by atoms with Gasteiger partial charge in [-0.25, -0.2) is 0 Å². The molecule has 2 aromatic carbocycles. The molecule has 0 aliphatic carbocycles. The molecule has 0 spiro atoms. The van der Waals surface area contributed by atoms with Crippen LogP contribution in [0.15, 0.2) is 86.2 Å². The number of piperidine rings is 6. The number of pyridine rings is 2. The van der Waals surface area contributed by atoms with E-state index in [1.54, 1.807) is 324 Å². The lowest BCUT2D eigenvalue weighted by molar-refractivity contribution is -0.0500. The van der Waals surface area contributed by atoms with Crippen molar-refractivity contribution < 1.29 is 41.1 Å². The van der Waals surface area contributed by atoms with E-state index in [0.29, 0.717) is 40.1 Å². The molecule has 0 radical (unpaired) electrons. The fourth-order valence-electron chi connectivity index (χ4n) is 9.24. The van der Waals surface area contributed by atoms with E-state index in [2.05, 4.69) is 43.2 Å². The number of halogens is 3. The summed E-state index contributed by atoms with van der Waals surface area (Å²) in [6.45, 7) is 11.5. The molecule has 2 aromatic heterocycles. The maximum Gasteiger partial charge on any atom is 0.534 e. The number of fused-ring (bicyclic) bond motifs is 8. The van der Waals surface area contributed by atoms with Crippen LogP contribution in [-0.2, 0) is 383 Å². The van der Waals surface area contributed by atoms with E-state index in [4.69, 9.17) is 44.8 Å². The Morgan fingerprint density at radius 1 is 0.500 bits per heavy atom. The zero-order chi connectivity index (χ0) is 67.8. The first-order valence-corrected chi connectivity index (χ1v) is 77.7. The summed E-state index contributed by atoms with van der Waals surface area (Å²) < 4.78 is 64.9. The number of nitrogens with zero attached hydrogens (tertiary/aromatic N) is 4. The van der Waals surface area contributed by atoms with Crippen molar-refractivity contribution in [1.29, 1.82) is 0 Å². The lowest BCUT2D eigenvalue weighted by atomic mass is 9.73. The summed E-state index contributed by atoms with van der Waals surface area (Å²) in [5.41, 5.74) is -2.97. The Hall–Kier alpha value is 4.94. The lowest BCUT2D eigenvalue weighted by Gasteiger charge is -2.50. The number of rotatable bonds is 8. The fraction of sp³-hybridized carbons (Fsp3) is 0.436. The first kappa shape index (κ1) is 89.6. The van der Waals surface area contributed by atoms with Crippen LogP contribution in [0.2, 0.25) is 0 Å². The van der Waals surface area contributed by atoms with Crippen molar-refractivity contribution in [3.8, 4) is 11.5 Å². The molecule has 10 atom stereocenters. The molecule has 0 amide bonds. The van der Waals surface area contributed by atoms with E-state index in [9.17, 15) is 36.9 Å². The molecule has 3 N–H and O–H groups in total. The molecule has 6 fully saturated rings. The van der Waals surface area contributed by atoms with Gasteiger partial charge in [-0.2, -0.15) is 21.6 Å².